The number of aromatic nitrogens is 1. The van der Waals surface area contributed by atoms with Crippen molar-refractivity contribution in [3.05, 3.63) is 54.1 Å². The zero-order valence-corrected chi connectivity index (χ0v) is 18.2. The van der Waals surface area contributed by atoms with E-state index >= 15 is 4.39 Å². The molecule has 9 nitrogen and oxygen atoms in total. The van der Waals surface area contributed by atoms with Crippen LogP contribution >= 0.6 is 0 Å². The minimum atomic E-state index is -3.15. The van der Waals surface area contributed by atoms with Gasteiger partial charge in [0.05, 0.1) is 37.6 Å². The van der Waals surface area contributed by atoms with Gasteiger partial charge in [-0.15, -0.1) is 0 Å². The number of alkyl halides is 2. The second-order valence-electron chi connectivity index (χ2n) is 7.84. The Labute approximate surface area is 194 Å². The van der Waals surface area contributed by atoms with E-state index in [-0.39, 0.29) is 18.8 Å². The average molecular weight is 479 g/mol. The van der Waals surface area contributed by atoms with Gasteiger partial charge in [0.1, 0.15) is 11.9 Å². The summed E-state index contributed by atoms with van der Waals surface area (Å²) in [4.78, 5) is 36.1. The number of nitrogens with zero attached hydrogens (tertiary/aromatic N) is 4. The van der Waals surface area contributed by atoms with Crippen LogP contribution in [0.2, 0.25) is 0 Å². The third kappa shape index (κ3) is 5.75. The standard InChI is InChI=1S/C22H24F3N5O4/c23-18-10-16(30-14-17(34-22(30)32)12-27-21(31)20(24)25)3-4-19(18)28-6-7-29(33-9-8-28)13-15-2-1-5-26-11-15/h1-5,10-11,17,20H,6-9,12-14H2,(H,27,31). The minimum Gasteiger partial charge on any atom is -0.442 e. The number of carbonyl (C=O) groups excluding carboxylic acids is 2. The zero-order valence-electron chi connectivity index (χ0n) is 18.2. The van der Waals surface area contributed by atoms with E-state index in [9.17, 15) is 18.4 Å². The SMILES string of the molecule is O=C(NCC1CN(c2ccc(N3CCON(Cc4cccnc4)CC3)c(F)c2)C(=O)O1)C(F)F. The smallest absolute Gasteiger partial charge is 0.414 e. The van der Waals surface area contributed by atoms with Gasteiger partial charge in [0.15, 0.2) is 0 Å². The van der Waals surface area contributed by atoms with Crippen LogP contribution in [0, 0.1) is 5.82 Å². The maximum Gasteiger partial charge on any atom is 0.414 e. The number of carbonyl (C=O) groups is 2. The maximum absolute atomic E-state index is 15.0. The lowest BCUT2D eigenvalue weighted by atomic mass is 10.2. The number of cyclic esters (lactones) is 1. The van der Waals surface area contributed by atoms with Gasteiger partial charge in [-0.3, -0.25) is 19.5 Å². The number of nitrogens with one attached hydrogen (secondary N) is 1. The zero-order chi connectivity index (χ0) is 24.1. The molecule has 1 aromatic heterocycles. The highest BCUT2D eigenvalue weighted by Crippen LogP contribution is 2.28. The van der Waals surface area contributed by atoms with Gasteiger partial charge < -0.3 is 15.0 Å². The summed E-state index contributed by atoms with van der Waals surface area (Å²) < 4.78 is 44.7. The molecule has 182 valence electrons. The summed E-state index contributed by atoms with van der Waals surface area (Å²) in [5.74, 6) is -1.95. The van der Waals surface area contributed by atoms with E-state index in [1.54, 1.807) is 24.5 Å². The summed E-state index contributed by atoms with van der Waals surface area (Å²) in [5, 5.41) is 3.83. The molecule has 2 saturated heterocycles. The Balaban J connectivity index is 1.35. The number of anilines is 2. The van der Waals surface area contributed by atoms with E-state index in [0.29, 0.717) is 38.5 Å². The highest BCUT2D eigenvalue weighted by molar-refractivity contribution is 5.90. The fourth-order valence-corrected chi connectivity index (χ4v) is 3.80. The van der Waals surface area contributed by atoms with Crippen molar-refractivity contribution in [3.63, 3.8) is 0 Å². The predicted molar refractivity (Wildman–Crippen MR) is 116 cm³/mol. The van der Waals surface area contributed by atoms with Crippen molar-refractivity contribution < 1.29 is 32.3 Å². The van der Waals surface area contributed by atoms with Gasteiger partial charge in [-0.1, -0.05) is 6.07 Å². The first-order valence-electron chi connectivity index (χ1n) is 10.8. The molecule has 0 radical (unpaired) electrons. The molecule has 0 aliphatic carbocycles. The molecule has 34 heavy (non-hydrogen) atoms. The third-order valence-corrected chi connectivity index (χ3v) is 5.50. The minimum absolute atomic E-state index is 0.00198. The largest absolute Gasteiger partial charge is 0.442 e. The Morgan fingerprint density at radius 1 is 1.24 bits per heavy atom. The molecule has 1 unspecified atom stereocenters. The van der Waals surface area contributed by atoms with E-state index in [1.165, 1.54) is 11.0 Å². The van der Waals surface area contributed by atoms with E-state index < -0.39 is 30.3 Å². The second-order valence-corrected chi connectivity index (χ2v) is 7.84. The Morgan fingerprint density at radius 2 is 2.09 bits per heavy atom. The third-order valence-electron chi connectivity index (χ3n) is 5.50. The summed E-state index contributed by atoms with van der Waals surface area (Å²) in [7, 11) is 0. The van der Waals surface area contributed by atoms with Crippen LogP contribution in [-0.4, -0.2) is 73.9 Å². The Bertz CT molecular complexity index is 1010. The number of benzene rings is 1. The molecular weight excluding hydrogens is 455 g/mol. The second kappa shape index (κ2) is 10.7. The van der Waals surface area contributed by atoms with Crippen molar-refractivity contribution in [2.24, 2.45) is 0 Å². The van der Waals surface area contributed by atoms with E-state index in [2.05, 4.69) is 4.98 Å². The quantitative estimate of drug-likeness (QED) is 0.652. The molecule has 2 amide bonds. The van der Waals surface area contributed by atoms with Crippen LogP contribution in [0.25, 0.3) is 0 Å². The summed E-state index contributed by atoms with van der Waals surface area (Å²) >= 11 is 0. The average Bonchev–Trinajstić information content (AvgIpc) is 3.04. The lowest BCUT2D eigenvalue weighted by molar-refractivity contribution is -0.154. The molecule has 4 rings (SSSR count). The number of pyridine rings is 1. The first-order valence-corrected chi connectivity index (χ1v) is 10.8. The summed E-state index contributed by atoms with van der Waals surface area (Å²) in [6, 6.07) is 8.22. The van der Waals surface area contributed by atoms with E-state index in [0.717, 1.165) is 5.56 Å². The van der Waals surface area contributed by atoms with E-state index in [4.69, 9.17) is 9.57 Å². The summed E-state index contributed by atoms with van der Waals surface area (Å²) in [6.45, 7) is 2.27. The molecule has 1 atom stereocenters. The van der Waals surface area contributed by atoms with Crippen molar-refractivity contribution in [1.82, 2.24) is 15.4 Å². The molecule has 2 aromatic rings. The van der Waals surface area contributed by atoms with Crippen molar-refractivity contribution in [2.75, 3.05) is 49.1 Å². The maximum atomic E-state index is 15.0. The first-order chi connectivity index (χ1) is 16.4. The number of ether oxygens (including phenoxy) is 1. The van der Waals surface area contributed by atoms with Gasteiger partial charge >= 0.3 is 12.5 Å². The fourth-order valence-electron chi connectivity index (χ4n) is 3.80. The molecule has 1 N–H and O–H groups in total. The van der Waals surface area contributed by atoms with Crippen molar-refractivity contribution in [3.8, 4) is 0 Å². The van der Waals surface area contributed by atoms with Gasteiger partial charge in [0.2, 0.25) is 0 Å². The number of rotatable bonds is 7. The Hall–Kier alpha value is -3.38. The number of amides is 2. The van der Waals surface area contributed by atoms with Crippen LogP contribution in [0.3, 0.4) is 0 Å². The van der Waals surface area contributed by atoms with Crippen molar-refractivity contribution in [2.45, 2.75) is 19.1 Å². The highest BCUT2D eigenvalue weighted by Gasteiger charge is 2.33. The lowest BCUT2D eigenvalue weighted by Gasteiger charge is -2.24. The molecule has 0 bridgehead atoms. The van der Waals surface area contributed by atoms with Crippen molar-refractivity contribution in [1.29, 1.82) is 0 Å². The summed E-state index contributed by atoms with van der Waals surface area (Å²) in [6.07, 6.45) is -1.23. The van der Waals surface area contributed by atoms with Gasteiger partial charge in [-0.25, -0.2) is 9.18 Å². The van der Waals surface area contributed by atoms with Gasteiger partial charge in [-0.05, 0) is 29.8 Å². The molecule has 2 aliphatic rings. The van der Waals surface area contributed by atoms with Crippen LogP contribution in [-0.2, 0) is 20.9 Å². The van der Waals surface area contributed by atoms with Crippen LogP contribution in [0.15, 0.2) is 42.7 Å². The molecule has 12 heteroatoms. The highest BCUT2D eigenvalue weighted by atomic mass is 19.3. The normalized spacial score (nSPS) is 19.3. The van der Waals surface area contributed by atoms with Gasteiger partial charge in [-0.2, -0.15) is 13.8 Å². The topological polar surface area (TPSA) is 87.2 Å². The summed E-state index contributed by atoms with van der Waals surface area (Å²) in [5.41, 5.74) is 1.66. The fraction of sp³-hybridized carbons (Fsp3) is 0.409. The molecule has 3 heterocycles. The number of halogens is 3. The lowest BCUT2D eigenvalue weighted by Crippen LogP contribution is -2.37. The molecule has 0 saturated carbocycles. The number of hydroxylamine groups is 2. The van der Waals surface area contributed by atoms with Gasteiger partial charge in [0, 0.05) is 32.0 Å². The molecule has 2 fully saturated rings. The molecule has 1 aromatic carbocycles. The van der Waals surface area contributed by atoms with Crippen LogP contribution in [0.1, 0.15) is 5.56 Å². The Morgan fingerprint density at radius 3 is 2.82 bits per heavy atom. The van der Waals surface area contributed by atoms with Gasteiger partial charge in [0.25, 0.3) is 5.91 Å². The monoisotopic (exact) mass is 479 g/mol. The van der Waals surface area contributed by atoms with Crippen LogP contribution < -0.4 is 15.1 Å². The van der Waals surface area contributed by atoms with E-state index in [1.807, 2.05) is 27.4 Å². The molecular formula is C22H24F3N5O4. The molecule has 2 aliphatic heterocycles. The Kier molecular flexibility index (Phi) is 7.48. The predicted octanol–water partition coefficient (Wildman–Crippen LogP) is 2.18. The molecule has 0 spiro atoms. The van der Waals surface area contributed by atoms with Crippen LogP contribution in [0.5, 0.6) is 0 Å². The van der Waals surface area contributed by atoms with Crippen molar-refractivity contribution >= 4 is 23.4 Å². The first kappa shape index (κ1) is 23.8. The number of hydrogen-bond acceptors (Lipinski definition) is 7. The van der Waals surface area contributed by atoms with Crippen LogP contribution in [0.4, 0.5) is 29.3 Å². The number of hydrogen-bond donors (Lipinski definition) is 1.